The minimum Gasteiger partial charge on any atom is -0.396 e. The Morgan fingerprint density at radius 3 is 2.83 bits per heavy atom. The van der Waals surface area contributed by atoms with E-state index in [0.717, 1.165) is 11.1 Å². The molecule has 5 nitrogen and oxygen atoms in total. The zero-order chi connectivity index (χ0) is 17.1. The van der Waals surface area contributed by atoms with Crippen LogP contribution in [0.3, 0.4) is 0 Å². The van der Waals surface area contributed by atoms with Gasteiger partial charge in [-0.3, -0.25) is 9.48 Å². The molecule has 6 heteroatoms. The summed E-state index contributed by atoms with van der Waals surface area (Å²) in [5.74, 6) is 0.325. The maximum atomic E-state index is 12.6. The maximum absolute atomic E-state index is 12.6. The maximum Gasteiger partial charge on any atom is 0.222 e. The van der Waals surface area contributed by atoms with Gasteiger partial charge in [-0.25, -0.2) is 0 Å². The Kier molecular flexibility index (Phi) is 5.21. The summed E-state index contributed by atoms with van der Waals surface area (Å²) in [6, 6.07) is 7.62. The quantitative estimate of drug-likeness (QED) is 0.902. The summed E-state index contributed by atoms with van der Waals surface area (Å²) >= 11 is 6.15. The summed E-state index contributed by atoms with van der Waals surface area (Å²) < 4.78 is 1.76. The number of hydrogen-bond donors (Lipinski definition) is 1. The number of aryl methyl sites for hydroxylation is 2. The van der Waals surface area contributed by atoms with E-state index >= 15 is 0 Å². The SMILES string of the molecule is Cn1cc([C@@H]2CN(C(=O)CCc3ccccc3Cl)C[C@H]2CO)cn1. The number of likely N-dealkylation sites (tertiary alicyclic amines) is 1. The van der Waals surface area contributed by atoms with Gasteiger partial charge in [-0.05, 0) is 23.6 Å². The van der Waals surface area contributed by atoms with Crippen molar-refractivity contribution in [3.63, 3.8) is 0 Å². The highest BCUT2D eigenvalue weighted by Gasteiger charge is 2.36. The van der Waals surface area contributed by atoms with Crippen LogP contribution in [0.4, 0.5) is 0 Å². The molecule has 2 heterocycles. The molecular weight excluding hydrogens is 326 g/mol. The normalized spacial score (nSPS) is 20.5. The molecule has 3 rings (SSSR count). The predicted molar refractivity (Wildman–Crippen MR) is 92.9 cm³/mol. The van der Waals surface area contributed by atoms with Crippen LogP contribution in [-0.4, -0.2) is 45.4 Å². The van der Waals surface area contributed by atoms with Crippen molar-refractivity contribution < 1.29 is 9.90 Å². The van der Waals surface area contributed by atoms with Crippen molar-refractivity contribution in [2.75, 3.05) is 19.7 Å². The Morgan fingerprint density at radius 2 is 2.17 bits per heavy atom. The van der Waals surface area contributed by atoms with Crippen LogP contribution in [0.1, 0.15) is 23.5 Å². The molecule has 1 fully saturated rings. The second-order valence-electron chi connectivity index (χ2n) is 6.39. The van der Waals surface area contributed by atoms with Crippen molar-refractivity contribution in [2.45, 2.75) is 18.8 Å². The molecule has 2 atom stereocenters. The first-order chi connectivity index (χ1) is 11.6. The van der Waals surface area contributed by atoms with Crippen molar-refractivity contribution in [3.05, 3.63) is 52.8 Å². The molecule has 0 unspecified atom stereocenters. The van der Waals surface area contributed by atoms with Crippen LogP contribution in [0.15, 0.2) is 36.7 Å². The molecule has 0 aliphatic carbocycles. The topological polar surface area (TPSA) is 58.4 Å². The Labute approximate surface area is 146 Å². The number of amides is 1. The average molecular weight is 348 g/mol. The zero-order valence-electron chi connectivity index (χ0n) is 13.7. The van der Waals surface area contributed by atoms with Gasteiger partial charge in [-0.1, -0.05) is 29.8 Å². The highest BCUT2D eigenvalue weighted by Crippen LogP contribution is 2.32. The molecule has 1 aromatic carbocycles. The van der Waals surface area contributed by atoms with Gasteiger partial charge in [0.1, 0.15) is 0 Å². The largest absolute Gasteiger partial charge is 0.396 e. The Bertz CT molecular complexity index is 716. The molecule has 128 valence electrons. The van der Waals surface area contributed by atoms with Crippen LogP contribution >= 0.6 is 11.6 Å². The number of aromatic nitrogens is 2. The molecule has 24 heavy (non-hydrogen) atoms. The van der Waals surface area contributed by atoms with Gasteiger partial charge >= 0.3 is 0 Å². The van der Waals surface area contributed by atoms with Gasteiger partial charge in [0.15, 0.2) is 0 Å². The van der Waals surface area contributed by atoms with E-state index in [9.17, 15) is 9.90 Å². The fourth-order valence-electron chi connectivity index (χ4n) is 3.37. The van der Waals surface area contributed by atoms with Crippen molar-refractivity contribution in [1.82, 2.24) is 14.7 Å². The van der Waals surface area contributed by atoms with Crippen LogP contribution in [0.25, 0.3) is 0 Å². The number of benzene rings is 1. The van der Waals surface area contributed by atoms with Gasteiger partial charge in [0.2, 0.25) is 5.91 Å². The van der Waals surface area contributed by atoms with Crippen LogP contribution in [0, 0.1) is 5.92 Å². The summed E-state index contributed by atoms with van der Waals surface area (Å²) in [6.07, 6.45) is 4.86. The van der Waals surface area contributed by atoms with E-state index in [4.69, 9.17) is 11.6 Å². The van der Waals surface area contributed by atoms with E-state index in [1.807, 2.05) is 48.6 Å². The first kappa shape index (κ1) is 17.0. The number of halogens is 1. The van der Waals surface area contributed by atoms with Crippen LogP contribution in [0.5, 0.6) is 0 Å². The third kappa shape index (κ3) is 3.62. The molecule has 2 aromatic rings. The summed E-state index contributed by atoms with van der Waals surface area (Å²) in [5, 5.41) is 14.6. The number of hydrogen-bond acceptors (Lipinski definition) is 3. The Morgan fingerprint density at radius 1 is 1.38 bits per heavy atom. The molecule has 0 saturated carbocycles. The van der Waals surface area contributed by atoms with Crippen LogP contribution < -0.4 is 0 Å². The van der Waals surface area contributed by atoms with Crippen molar-refractivity contribution in [1.29, 1.82) is 0 Å². The van der Waals surface area contributed by atoms with Gasteiger partial charge in [0.05, 0.1) is 6.20 Å². The van der Waals surface area contributed by atoms with Gasteiger partial charge in [0, 0.05) is 56.2 Å². The lowest BCUT2D eigenvalue weighted by Gasteiger charge is -2.16. The van der Waals surface area contributed by atoms with Crippen molar-refractivity contribution in [2.24, 2.45) is 13.0 Å². The number of nitrogens with zero attached hydrogens (tertiary/aromatic N) is 3. The van der Waals surface area contributed by atoms with Gasteiger partial charge in [0.25, 0.3) is 0 Å². The standard InChI is InChI=1S/C18H22ClN3O2/c1-21-9-14(8-20-21)16-11-22(10-15(16)12-23)18(24)7-6-13-4-2-3-5-17(13)19/h2-5,8-9,15-16,23H,6-7,10-12H2,1H3/t15-,16-/m0/s1. The summed E-state index contributed by atoms with van der Waals surface area (Å²) in [4.78, 5) is 14.4. The monoisotopic (exact) mass is 347 g/mol. The molecule has 0 bridgehead atoms. The van der Waals surface area contributed by atoms with Gasteiger partial charge in [-0.15, -0.1) is 0 Å². The molecule has 1 saturated heterocycles. The highest BCUT2D eigenvalue weighted by molar-refractivity contribution is 6.31. The lowest BCUT2D eigenvalue weighted by molar-refractivity contribution is -0.130. The molecule has 1 amide bonds. The second-order valence-corrected chi connectivity index (χ2v) is 6.79. The number of carbonyl (C=O) groups excluding carboxylic acids is 1. The molecule has 1 N–H and O–H groups in total. The average Bonchev–Trinajstić information content (AvgIpc) is 3.19. The molecule has 0 radical (unpaired) electrons. The van der Waals surface area contributed by atoms with Crippen LogP contribution in [0.2, 0.25) is 5.02 Å². The summed E-state index contributed by atoms with van der Waals surface area (Å²) in [6.45, 7) is 1.31. The molecule has 1 aliphatic heterocycles. The lowest BCUT2D eigenvalue weighted by Crippen LogP contribution is -2.29. The fourth-order valence-corrected chi connectivity index (χ4v) is 3.60. The first-order valence-corrected chi connectivity index (χ1v) is 8.57. The molecule has 0 spiro atoms. The van der Waals surface area contributed by atoms with E-state index < -0.39 is 0 Å². The van der Waals surface area contributed by atoms with Crippen molar-refractivity contribution >= 4 is 17.5 Å². The molecule has 1 aliphatic rings. The first-order valence-electron chi connectivity index (χ1n) is 8.19. The third-order valence-electron chi connectivity index (χ3n) is 4.75. The summed E-state index contributed by atoms with van der Waals surface area (Å²) in [5.41, 5.74) is 2.08. The zero-order valence-corrected chi connectivity index (χ0v) is 14.5. The smallest absolute Gasteiger partial charge is 0.222 e. The van der Waals surface area contributed by atoms with E-state index in [1.54, 1.807) is 4.68 Å². The predicted octanol–water partition coefficient (Wildman–Crippen LogP) is 2.24. The lowest BCUT2D eigenvalue weighted by atomic mass is 9.92. The minimum atomic E-state index is 0.0680. The highest BCUT2D eigenvalue weighted by atomic mass is 35.5. The third-order valence-corrected chi connectivity index (χ3v) is 5.12. The van der Waals surface area contributed by atoms with E-state index in [2.05, 4.69) is 5.10 Å². The van der Waals surface area contributed by atoms with Gasteiger partial charge < -0.3 is 10.0 Å². The van der Waals surface area contributed by atoms with E-state index in [-0.39, 0.29) is 24.3 Å². The van der Waals surface area contributed by atoms with E-state index in [0.29, 0.717) is 31.0 Å². The second kappa shape index (κ2) is 7.36. The minimum absolute atomic E-state index is 0.0680. The number of rotatable bonds is 5. The van der Waals surface area contributed by atoms with Crippen molar-refractivity contribution in [3.8, 4) is 0 Å². The van der Waals surface area contributed by atoms with Gasteiger partial charge in [-0.2, -0.15) is 5.10 Å². The Balaban J connectivity index is 1.62. The molecular formula is C18H22ClN3O2. The number of carbonyl (C=O) groups is 1. The molecule has 1 aromatic heterocycles. The van der Waals surface area contributed by atoms with E-state index in [1.165, 1.54) is 0 Å². The summed E-state index contributed by atoms with van der Waals surface area (Å²) in [7, 11) is 1.87. The fraction of sp³-hybridized carbons (Fsp3) is 0.444. The Hall–Kier alpha value is -1.85. The van der Waals surface area contributed by atoms with Crippen LogP contribution in [-0.2, 0) is 18.3 Å². The number of aliphatic hydroxyl groups excluding tert-OH is 1. The number of aliphatic hydroxyl groups is 1.